The molecule has 0 spiro atoms. The molecule has 106 valence electrons. The van der Waals surface area contributed by atoms with Crippen molar-refractivity contribution in [1.29, 1.82) is 0 Å². The Hall–Kier alpha value is -2.82. The highest BCUT2D eigenvalue weighted by Gasteiger charge is 2.17. The second kappa shape index (κ2) is 4.94. The van der Waals surface area contributed by atoms with Crippen molar-refractivity contribution in [3.63, 3.8) is 0 Å². The highest BCUT2D eigenvalue weighted by molar-refractivity contribution is 5.95. The number of hydrogen-bond acceptors (Lipinski definition) is 3. The largest absolute Gasteiger partial charge is 0.497 e. The van der Waals surface area contributed by atoms with Crippen LogP contribution in [-0.4, -0.2) is 27.6 Å². The Labute approximate surface area is 121 Å². The zero-order chi connectivity index (χ0) is 15.0. The van der Waals surface area contributed by atoms with E-state index in [-0.39, 0.29) is 5.69 Å². The first-order valence-electron chi connectivity index (χ1n) is 6.46. The Morgan fingerprint density at radius 1 is 1.19 bits per heavy atom. The van der Waals surface area contributed by atoms with E-state index < -0.39 is 5.97 Å². The average Bonchev–Trinajstić information content (AvgIpc) is 2.86. The molecule has 0 unspecified atom stereocenters. The summed E-state index contributed by atoms with van der Waals surface area (Å²) in [7, 11) is 1.60. The van der Waals surface area contributed by atoms with Gasteiger partial charge in [-0.2, -0.15) is 0 Å². The summed E-state index contributed by atoms with van der Waals surface area (Å²) in [6.45, 7) is 1.96. The van der Waals surface area contributed by atoms with Crippen LogP contribution in [0.5, 0.6) is 5.75 Å². The summed E-state index contributed by atoms with van der Waals surface area (Å²) in [5, 5.41) is 9.30. The first-order valence-corrected chi connectivity index (χ1v) is 6.46. The van der Waals surface area contributed by atoms with Crippen LogP contribution in [0.3, 0.4) is 0 Å². The maximum atomic E-state index is 11.3. The monoisotopic (exact) mass is 282 g/mol. The smallest absolute Gasteiger partial charge is 0.356 e. The lowest BCUT2D eigenvalue weighted by molar-refractivity contribution is 0.0693. The van der Waals surface area contributed by atoms with Crippen LogP contribution >= 0.6 is 0 Å². The van der Waals surface area contributed by atoms with Crippen LogP contribution in [0.1, 0.15) is 16.1 Å². The Bertz CT molecular complexity index is 819. The molecule has 0 aliphatic carbocycles. The van der Waals surface area contributed by atoms with Crippen LogP contribution in [0.2, 0.25) is 0 Å². The van der Waals surface area contributed by atoms with Crippen molar-refractivity contribution in [3.8, 4) is 17.1 Å². The zero-order valence-corrected chi connectivity index (χ0v) is 11.7. The topological polar surface area (TPSA) is 63.8 Å². The van der Waals surface area contributed by atoms with E-state index in [1.807, 2.05) is 43.5 Å². The normalized spacial score (nSPS) is 10.8. The molecule has 0 atom stereocenters. The summed E-state index contributed by atoms with van der Waals surface area (Å²) in [5.74, 6) is 0.319. The van der Waals surface area contributed by atoms with E-state index in [0.29, 0.717) is 11.3 Å². The van der Waals surface area contributed by atoms with Gasteiger partial charge in [-0.25, -0.2) is 9.78 Å². The lowest BCUT2D eigenvalue weighted by Crippen LogP contribution is -1.97. The molecule has 2 aromatic heterocycles. The summed E-state index contributed by atoms with van der Waals surface area (Å²) in [5.41, 5.74) is 2.51. The number of methoxy groups -OCH3 is 1. The van der Waals surface area contributed by atoms with Crippen molar-refractivity contribution in [3.05, 3.63) is 53.9 Å². The average molecular weight is 282 g/mol. The zero-order valence-electron chi connectivity index (χ0n) is 11.7. The highest BCUT2D eigenvalue weighted by atomic mass is 16.5. The molecule has 0 amide bonds. The molecule has 0 saturated heterocycles. The number of fused-ring (bicyclic) bond motifs is 1. The second-order valence-corrected chi connectivity index (χ2v) is 4.78. The van der Waals surface area contributed by atoms with E-state index in [0.717, 1.165) is 16.9 Å². The number of ether oxygens (including phenoxy) is 1. The number of carbonyl (C=O) groups is 1. The van der Waals surface area contributed by atoms with Gasteiger partial charge in [-0.05, 0) is 42.8 Å². The molecule has 0 aliphatic rings. The van der Waals surface area contributed by atoms with Crippen molar-refractivity contribution in [2.45, 2.75) is 6.92 Å². The maximum absolute atomic E-state index is 11.3. The van der Waals surface area contributed by atoms with Crippen LogP contribution in [0.15, 0.2) is 42.6 Å². The van der Waals surface area contributed by atoms with Crippen molar-refractivity contribution in [1.82, 2.24) is 9.38 Å². The number of carboxylic acid groups (broad SMARTS) is 1. The summed E-state index contributed by atoms with van der Waals surface area (Å²) in [6.07, 6.45) is 1.88. The molecule has 2 heterocycles. The molecule has 0 radical (unpaired) electrons. The molecule has 21 heavy (non-hydrogen) atoms. The summed E-state index contributed by atoms with van der Waals surface area (Å²) >= 11 is 0. The fraction of sp³-hybridized carbons (Fsp3) is 0.125. The molecule has 5 nitrogen and oxygen atoms in total. The fourth-order valence-corrected chi connectivity index (χ4v) is 2.29. The number of aromatic carboxylic acids is 1. The maximum Gasteiger partial charge on any atom is 0.356 e. The SMILES string of the molecule is COc1ccc(-c2nc(C(=O)O)c3ccc(C)cn23)cc1. The number of aryl methyl sites for hydroxylation is 1. The quantitative estimate of drug-likeness (QED) is 0.802. The van der Waals surface area contributed by atoms with Gasteiger partial charge in [0.2, 0.25) is 0 Å². The van der Waals surface area contributed by atoms with Gasteiger partial charge in [-0.15, -0.1) is 0 Å². The summed E-state index contributed by atoms with van der Waals surface area (Å²) in [4.78, 5) is 15.6. The molecule has 3 rings (SSSR count). The first kappa shape index (κ1) is 13.2. The second-order valence-electron chi connectivity index (χ2n) is 4.78. The molecule has 5 heteroatoms. The molecule has 0 fully saturated rings. The van der Waals surface area contributed by atoms with E-state index in [4.69, 9.17) is 4.74 Å². The molecule has 0 bridgehead atoms. The number of aromatic nitrogens is 2. The number of benzene rings is 1. The number of imidazole rings is 1. The third kappa shape index (κ3) is 2.23. The molecule has 0 saturated carbocycles. The Kier molecular flexibility index (Phi) is 3.10. The standard InChI is InChI=1S/C16H14N2O3/c1-10-3-8-13-14(16(19)20)17-15(18(13)9-10)11-4-6-12(21-2)7-5-11/h3-9H,1-2H3,(H,19,20). The number of carboxylic acids is 1. The third-order valence-electron chi connectivity index (χ3n) is 3.34. The van der Waals surface area contributed by atoms with Crippen LogP contribution < -0.4 is 4.74 Å². The van der Waals surface area contributed by atoms with Crippen LogP contribution in [0, 0.1) is 6.92 Å². The lowest BCUT2D eigenvalue weighted by Gasteiger charge is -2.04. The lowest BCUT2D eigenvalue weighted by atomic mass is 10.2. The Balaban J connectivity index is 2.25. The van der Waals surface area contributed by atoms with Gasteiger partial charge in [0.25, 0.3) is 0 Å². The predicted molar refractivity (Wildman–Crippen MR) is 78.9 cm³/mol. The minimum Gasteiger partial charge on any atom is -0.497 e. The first-order chi connectivity index (χ1) is 10.1. The number of nitrogens with zero attached hydrogens (tertiary/aromatic N) is 2. The van der Waals surface area contributed by atoms with E-state index in [2.05, 4.69) is 4.98 Å². The predicted octanol–water partition coefficient (Wildman–Crippen LogP) is 3.02. The van der Waals surface area contributed by atoms with Crippen molar-refractivity contribution in [2.75, 3.05) is 7.11 Å². The van der Waals surface area contributed by atoms with Gasteiger partial charge in [-0.3, -0.25) is 4.40 Å². The third-order valence-corrected chi connectivity index (χ3v) is 3.34. The highest BCUT2D eigenvalue weighted by Crippen LogP contribution is 2.25. The van der Waals surface area contributed by atoms with Gasteiger partial charge in [0.05, 0.1) is 12.6 Å². The van der Waals surface area contributed by atoms with Crippen LogP contribution in [0.4, 0.5) is 0 Å². The molecule has 1 aromatic carbocycles. The summed E-state index contributed by atoms with van der Waals surface area (Å²) in [6, 6.07) is 11.0. The van der Waals surface area contributed by atoms with E-state index in [1.54, 1.807) is 17.6 Å². The van der Waals surface area contributed by atoms with Gasteiger partial charge < -0.3 is 9.84 Å². The number of pyridine rings is 1. The van der Waals surface area contributed by atoms with Gasteiger partial charge in [0.1, 0.15) is 11.6 Å². The number of hydrogen-bond donors (Lipinski definition) is 1. The molecule has 1 N–H and O–H groups in total. The number of rotatable bonds is 3. The van der Waals surface area contributed by atoms with Crippen LogP contribution in [0.25, 0.3) is 16.9 Å². The fourth-order valence-electron chi connectivity index (χ4n) is 2.29. The molecule has 3 aromatic rings. The van der Waals surface area contributed by atoms with E-state index in [1.165, 1.54) is 0 Å². The minimum absolute atomic E-state index is 0.0563. The van der Waals surface area contributed by atoms with E-state index in [9.17, 15) is 9.90 Å². The molecule has 0 aliphatic heterocycles. The van der Waals surface area contributed by atoms with Gasteiger partial charge in [-0.1, -0.05) is 6.07 Å². The van der Waals surface area contributed by atoms with Crippen molar-refractivity contribution < 1.29 is 14.6 Å². The summed E-state index contributed by atoms with van der Waals surface area (Å²) < 4.78 is 6.94. The van der Waals surface area contributed by atoms with Gasteiger partial charge in [0.15, 0.2) is 5.69 Å². The molecular weight excluding hydrogens is 268 g/mol. The minimum atomic E-state index is -1.03. The van der Waals surface area contributed by atoms with Gasteiger partial charge >= 0.3 is 5.97 Å². The van der Waals surface area contributed by atoms with Crippen molar-refractivity contribution in [2.24, 2.45) is 0 Å². The van der Waals surface area contributed by atoms with Gasteiger partial charge in [0, 0.05) is 11.8 Å². The Morgan fingerprint density at radius 2 is 1.90 bits per heavy atom. The Morgan fingerprint density at radius 3 is 2.52 bits per heavy atom. The molecular formula is C16H14N2O3. The van der Waals surface area contributed by atoms with Crippen molar-refractivity contribution >= 4 is 11.5 Å². The van der Waals surface area contributed by atoms with E-state index >= 15 is 0 Å². The van der Waals surface area contributed by atoms with Crippen LogP contribution in [-0.2, 0) is 0 Å².